The molecule has 0 spiro atoms. The van der Waals surface area contributed by atoms with Gasteiger partial charge in [0.15, 0.2) is 0 Å². The van der Waals surface area contributed by atoms with Gasteiger partial charge in [-0.25, -0.2) is 0 Å². The fourth-order valence-electron chi connectivity index (χ4n) is 7.12. The number of hydrogen-bond acceptors (Lipinski definition) is 4. The van der Waals surface area contributed by atoms with Gasteiger partial charge in [-0.1, -0.05) is 51.9 Å². The SMILES string of the molecule is COC1CCCCC1N1CCN(CCN2CCC(C(C)C3CCCCC3)CC2)CC1. The van der Waals surface area contributed by atoms with Crippen LogP contribution in [-0.2, 0) is 4.74 Å². The van der Waals surface area contributed by atoms with E-state index in [1.807, 2.05) is 7.11 Å². The molecule has 0 aromatic carbocycles. The van der Waals surface area contributed by atoms with Crippen LogP contribution in [0.3, 0.4) is 0 Å². The van der Waals surface area contributed by atoms with Crippen molar-refractivity contribution in [2.24, 2.45) is 17.8 Å². The van der Waals surface area contributed by atoms with Crippen molar-refractivity contribution in [3.8, 4) is 0 Å². The van der Waals surface area contributed by atoms with Crippen LogP contribution in [0.5, 0.6) is 0 Å². The topological polar surface area (TPSA) is 19.0 Å². The molecule has 2 saturated carbocycles. The van der Waals surface area contributed by atoms with Gasteiger partial charge >= 0.3 is 0 Å². The van der Waals surface area contributed by atoms with Gasteiger partial charge in [0, 0.05) is 52.4 Å². The van der Waals surface area contributed by atoms with Crippen LogP contribution < -0.4 is 0 Å². The van der Waals surface area contributed by atoms with E-state index < -0.39 is 0 Å². The third-order valence-electron chi connectivity index (χ3n) is 9.35. The molecule has 2 heterocycles. The Morgan fingerprint density at radius 3 is 1.90 bits per heavy atom. The Bertz CT molecular complexity index is 479. The first-order valence-corrected chi connectivity index (χ1v) is 13.5. The van der Waals surface area contributed by atoms with Gasteiger partial charge in [-0.05, 0) is 56.5 Å². The summed E-state index contributed by atoms with van der Waals surface area (Å²) >= 11 is 0. The molecule has 2 aliphatic heterocycles. The summed E-state index contributed by atoms with van der Waals surface area (Å²) in [6, 6.07) is 0.677. The average Bonchev–Trinajstić information content (AvgIpc) is 2.83. The second-order valence-electron chi connectivity index (χ2n) is 10.9. The van der Waals surface area contributed by atoms with Crippen molar-refractivity contribution in [3.05, 3.63) is 0 Å². The van der Waals surface area contributed by atoms with E-state index in [9.17, 15) is 0 Å². The lowest BCUT2D eigenvalue weighted by Gasteiger charge is -2.44. The highest BCUT2D eigenvalue weighted by Crippen LogP contribution is 2.37. The largest absolute Gasteiger partial charge is 0.380 e. The number of nitrogens with zero attached hydrogens (tertiary/aromatic N) is 3. The van der Waals surface area contributed by atoms with Gasteiger partial charge in [-0.2, -0.15) is 0 Å². The van der Waals surface area contributed by atoms with Gasteiger partial charge < -0.3 is 9.64 Å². The maximum atomic E-state index is 5.81. The standard InChI is InChI=1S/C26H49N3O/c1-22(23-8-4-3-5-9-23)24-12-14-27(15-13-24)16-17-28-18-20-29(21-19-28)25-10-6-7-11-26(25)30-2/h22-26H,3-21H2,1-2H3. The number of likely N-dealkylation sites (tertiary alicyclic amines) is 1. The lowest BCUT2D eigenvalue weighted by atomic mass is 9.72. The monoisotopic (exact) mass is 419 g/mol. The Balaban J connectivity index is 1.12. The molecular weight excluding hydrogens is 370 g/mol. The molecule has 4 fully saturated rings. The predicted molar refractivity (Wildman–Crippen MR) is 126 cm³/mol. The summed E-state index contributed by atoms with van der Waals surface area (Å²) in [7, 11) is 1.92. The molecule has 0 N–H and O–H groups in total. The molecule has 0 amide bonds. The van der Waals surface area contributed by atoms with Crippen molar-refractivity contribution < 1.29 is 4.74 Å². The Labute approximate surface area is 186 Å². The summed E-state index contributed by atoms with van der Waals surface area (Å²) in [4.78, 5) is 8.22. The second-order valence-corrected chi connectivity index (χ2v) is 10.9. The van der Waals surface area contributed by atoms with E-state index in [1.54, 1.807) is 0 Å². The van der Waals surface area contributed by atoms with E-state index in [0.29, 0.717) is 12.1 Å². The normalized spacial score (nSPS) is 33.0. The van der Waals surface area contributed by atoms with Crippen LogP contribution in [0.15, 0.2) is 0 Å². The molecule has 4 aliphatic rings. The number of piperidine rings is 1. The number of piperazine rings is 1. The maximum absolute atomic E-state index is 5.81. The minimum atomic E-state index is 0.475. The van der Waals surface area contributed by atoms with Gasteiger partial charge in [0.2, 0.25) is 0 Å². The highest BCUT2D eigenvalue weighted by molar-refractivity contribution is 4.87. The third-order valence-corrected chi connectivity index (χ3v) is 9.35. The highest BCUT2D eigenvalue weighted by Gasteiger charge is 2.33. The van der Waals surface area contributed by atoms with Gasteiger partial charge in [-0.3, -0.25) is 9.80 Å². The summed E-state index contributed by atoms with van der Waals surface area (Å²) < 4.78 is 5.81. The Kier molecular flexibility index (Phi) is 8.92. The molecule has 4 nitrogen and oxygen atoms in total. The van der Waals surface area contributed by atoms with Crippen LogP contribution in [-0.4, -0.2) is 86.3 Å². The number of ether oxygens (including phenoxy) is 1. The van der Waals surface area contributed by atoms with Crippen molar-refractivity contribution >= 4 is 0 Å². The van der Waals surface area contributed by atoms with Crippen molar-refractivity contribution in [1.29, 1.82) is 0 Å². The quantitative estimate of drug-likeness (QED) is 0.605. The van der Waals surface area contributed by atoms with E-state index in [1.165, 1.54) is 123 Å². The average molecular weight is 420 g/mol. The van der Waals surface area contributed by atoms with Crippen LogP contribution >= 0.6 is 0 Å². The molecule has 3 unspecified atom stereocenters. The van der Waals surface area contributed by atoms with E-state index in [2.05, 4.69) is 21.6 Å². The minimum absolute atomic E-state index is 0.475. The van der Waals surface area contributed by atoms with Crippen LogP contribution in [0.4, 0.5) is 0 Å². The second kappa shape index (κ2) is 11.6. The molecule has 174 valence electrons. The molecular formula is C26H49N3O. The molecule has 0 bridgehead atoms. The molecule has 4 heteroatoms. The van der Waals surface area contributed by atoms with Crippen molar-refractivity contribution in [1.82, 2.24) is 14.7 Å². The summed E-state index contributed by atoms with van der Waals surface area (Å²) in [6.45, 7) is 12.8. The van der Waals surface area contributed by atoms with Gasteiger partial charge in [0.25, 0.3) is 0 Å². The maximum Gasteiger partial charge on any atom is 0.0726 e. The Morgan fingerprint density at radius 1 is 0.667 bits per heavy atom. The summed E-state index contributed by atoms with van der Waals surface area (Å²) in [5, 5.41) is 0. The first-order valence-electron chi connectivity index (χ1n) is 13.5. The number of methoxy groups -OCH3 is 1. The zero-order chi connectivity index (χ0) is 20.8. The summed E-state index contributed by atoms with van der Waals surface area (Å²) in [5.41, 5.74) is 0. The lowest BCUT2D eigenvalue weighted by Crippen LogP contribution is -2.55. The molecule has 4 rings (SSSR count). The Hall–Kier alpha value is -0.160. The molecule has 0 radical (unpaired) electrons. The fraction of sp³-hybridized carbons (Fsp3) is 1.00. The summed E-state index contributed by atoms with van der Waals surface area (Å²) in [5.74, 6) is 3.00. The molecule has 3 atom stereocenters. The van der Waals surface area contributed by atoms with E-state index in [-0.39, 0.29) is 0 Å². The van der Waals surface area contributed by atoms with Gasteiger partial charge in [-0.15, -0.1) is 0 Å². The van der Waals surface area contributed by atoms with Crippen LogP contribution in [0.2, 0.25) is 0 Å². The molecule has 0 aromatic rings. The van der Waals surface area contributed by atoms with E-state index >= 15 is 0 Å². The van der Waals surface area contributed by atoms with Crippen LogP contribution in [0.25, 0.3) is 0 Å². The van der Waals surface area contributed by atoms with Crippen molar-refractivity contribution in [2.45, 2.75) is 89.7 Å². The lowest BCUT2D eigenvalue weighted by molar-refractivity contribution is -0.0280. The van der Waals surface area contributed by atoms with Crippen LogP contribution in [0, 0.1) is 17.8 Å². The zero-order valence-electron chi connectivity index (χ0n) is 20.1. The first kappa shape index (κ1) is 23.0. The van der Waals surface area contributed by atoms with Gasteiger partial charge in [0.05, 0.1) is 6.10 Å². The minimum Gasteiger partial charge on any atom is -0.380 e. The fourth-order valence-corrected chi connectivity index (χ4v) is 7.12. The Morgan fingerprint density at radius 2 is 1.23 bits per heavy atom. The smallest absolute Gasteiger partial charge is 0.0726 e. The molecule has 30 heavy (non-hydrogen) atoms. The number of hydrogen-bond donors (Lipinski definition) is 0. The molecule has 2 aliphatic carbocycles. The van der Waals surface area contributed by atoms with E-state index in [4.69, 9.17) is 4.74 Å². The first-order chi connectivity index (χ1) is 14.7. The zero-order valence-corrected chi connectivity index (χ0v) is 20.1. The summed E-state index contributed by atoms with van der Waals surface area (Å²) in [6.07, 6.45) is 16.2. The van der Waals surface area contributed by atoms with Crippen molar-refractivity contribution in [3.63, 3.8) is 0 Å². The van der Waals surface area contributed by atoms with Crippen LogP contribution in [0.1, 0.15) is 77.6 Å². The number of rotatable bonds is 7. The van der Waals surface area contributed by atoms with Gasteiger partial charge in [0.1, 0.15) is 0 Å². The molecule has 2 saturated heterocycles. The molecule has 0 aromatic heterocycles. The third kappa shape index (κ3) is 5.99. The predicted octanol–water partition coefficient (Wildman–Crippen LogP) is 4.49. The van der Waals surface area contributed by atoms with E-state index in [0.717, 1.165) is 17.8 Å². The van der Waals surface area contributed by atoms with Crippen molar-refractivity contribution in [2.75, 3.05) is 59.5 Å². The highest BCUT2D eigenvalue weighted by atomic mass is 16.5.